The summed E-state index contributed by atoms with van der Waals surface area (Å²) in [6.45, 7) is 2.60. The standard InChI is InChI=1S/C17H26N2O3.ClH/c1-21-15-7-5-14(6-8-15)3-2-4-17(20)19-11-12-22-16(13-19)9-10-18;/h5-8,16H,2-4,9-13,18H2,1H3;1H. The lowest BCUT2D eigenvalue weighted by Gasteiger charge is -2.33. The zero-order valence-electron chi connectivity index (χ0n) is 13.7. The molecule has 1 aliphatic heterocycles. The minimum atomic E-state index is 0. The molecule has 1 unspecified atom stereocenters. The number of benzene rings is 1. The minimum Gasteiger partial charge on any atom is -0.497 e. The van der Waals surface area contributed by atoms with Crippen molar-refractivity contribution < 1.29 is 14.3 Å². The van der Waals surface area contributed by atoms with Crippen molar-refractivity contribution in [1.82, 2.24) is 4.90 Å². The molecule has 0 saturated carbocycles. The van der Waals surface area contributed by atoms with E-state index in [1.165, 1.54) is 5.56 Å². The number of carbonyl (C=O) groups excluding carboxylic acids is 1. The second-order valence-corrected chi connectivity index (χ2v) is 5.61. The highest BCUT2D eigenvalue weighted by atomic mass is 35.5. The number of halogens is 1. The smallest absolute Gasteiger partial charge is 0.222 e. The van der Waals surface area contributed by atoms with Crippen LogP contribution >= 0.6 is 12.4 Å². The summed E-state index contributed by atoms with van der Waals surface area (Å²) < 4.78 is 10.7. The fourth-order valence-corrected chi connectivity index (χ4v) is 2.70. The van der Waals surface area contributed by atoms with Gasteiger partial charge >= 0.3 is 0 Å². The average molecular weight is 343 g/mol. The SMILES string of the molecule is COc1ccc(CCCC(=O)N2CCOC(CCN)C2)cc1.Cl. The number of morpholine rings is 1. The van der Waals surface area contributed by atoms with Crippen molar-refractivity contribution in [2.24, 2.45) is 5.73 Å². The normalized spacial score (nSPS) is 17.5. The minimum absolute atomic E-state index is 0. The number of aryl methyl sites for hydroxylation is 1. The largest absolute Gasteiger partial charge is 0.497 e. The highest BCUT2D eigenvalue weighted by molar-refractivity contribution is 5.85. The molecule has 5 nitrogen and oxygen atoms in total. The molecule has 1 atom stereocenters. The van der Waals surface area contributed by atoms with Crippen LogP contribution in [0.5, 0.6) is 5.75 Å². The van der Waals surface area contributed by atoms with Crippen LogP contribution in [-0.4, -0.2) is 50.3 Å². The Morgan fingerprint density at radius 2 is 2.13 bits per heavy atom. The van der Waals surface area contributed by atoms with E-state index in [-0.39, 0.29) is 24.4 Å². The van der Waals surface area contributed by atoms with Crippen molar-refractivity contribution in [3.05, 3.63) is 29.8 Å². The van der Waals surface area contributed by atoms with Crippen LogP contribution < -0.4 is 10.5 Å². The van der Waals surface area contributed by atoms with Gasteiger partial charge in [0.2, 0.25) is 5.91 Å². The van der Waals surface area contributed by atoms with Gasteiger partial charge < -0.3 is 20.1 Å². The van der Waals surface area contributed by atoms with Crippen molar-refractivity contribution in [3.8, 4) is 5.75 Å². The van der Waals surface area contributed by atoms with Crippen molar-refractivity contribution in [2.75, 3.05) is 33.4 Å². The molecule has 1 aromatic rings. The molecule has 1 aliphatic rings. The van der Waals surface area contributed by atoms with E-state index in [1.807, 2.05) is 17.0 Å². The molecule has 1 heterocycles. The predicted octanol–water partition coefficient (Wildman–Crippen LogP) is 2.02. The maximum atomic E-state index is 12.3. The van der Waals surface area contributed by atoms with Gasteiger partial charge in [-0.1, -0.05) is 12.1 Å². The number of amides is 1. The highest BCUT2D eigenvalue weighted by Gasteiger charge is 2.23. The molecule has 0 aliphatic carbocycles. The molecule has 23 heavy (non-hydrogen) atoms. The second kappa shape index (κ2) is 10.5. The molecule has 0 bridgehead atoms. The first kappa shape index (κ1) is 19.7. The Labute approximate surface area is 144 Å². The van der Waals surface area contributed by atoms with E-state index >= 15 is 0 Å². The summed E-state index contributed by atoms with van der Waals surface area (Å²) in [6, 6.07) is 8.01. The first-order valence-corrected chi connectivity index (χ1v) is 7.95. The van der Waals surface area contributed by atoms with Gasteiger partial charge in [-0.15, -0.1) is 12.4 Å². The Kier molecular flexibility index (Phi) is 8.99. The van der Waals surface area contributed by atoms with E-state index in [4.69, 9.17) is 15.2 Å². The van der Waals surface area contributed by atoms with Crippen molar-refractivity contribution in [3.63, 3.8) is 0 Å². The van der Waals surface area contributed by atoms with E-state index in [0.717, 1.165) is 25.0 Å². The topological polar surface area (TPSA) is 64.8 Å². The van der Waals surface area contributed by atoms with Crippen LogP contribution in [0.4, 0.5) is 0 Å². The van der Waals surface area contributed by atoms with Gasteiger partial charge in [-0.25, -0.2) is 0 Å². The Morgan fingerprint density at radius 1 is 1.39 bits per heavy atom. The molecule has 1 fully saturated rings. The van der Waals surface area contributed by atoms with Crippen LogP contribution in [0.15, 0.2) is 24.3 Å². The molecule has 1 amide bonds. The van der Waals surface area contributed by atoms with Crippen LogP contribution in [0.3, 0.4) is 0 Å². The molecule has 0 spiro atoms. The number of nitrogens with two attached hydrogens (primary N) is 1. The van der Waals surface area contributed by atoms with Crippen LogP contribution in [0.25, 0.3) is 0 Å². The van der Waals surface area contributed by atoms with Crippen molar-refractivity contribution in [1.29, 1.82) is 0 Å². The number of hydrogen-bond donors (Lipinski definition) is 1. The lowest BCUT2D eigenvalue weighted by Crippen LogP contribution is -2.46. The summed E-state index contributed by atoms with van der Waals surface area (Å²) in [6.07, 6.45) is 3.28. The maximum absolute atomic E-state index is 12.3. The van der Waals surface area contributed by atoms with Gasteiger partial charge in [-0.3, -0.25) is 4.79 Å². The van der Waals surface area contributed by atoms with E-state index in [9.17, 15) is 4.79 Å². The summed E-state index contributed by atoms with van der Waals surface area (Å²) in [7, 11) is 1.66. The van der Waals surface area contributed by atoms with Crippen LogP contribution in [0.1, 0.15) is 24.8 Å². The zero-order chi connectivity index (χ0) is 15.8. The Balaban J connectivity index is 0.00000264. The fraction of sp³-hybridized carbons (Fsp3) is 0.588. The van der Waals surface area contributed by atoms with Gasteiger partial charge in [0, 0.05) is 19.5 Å². The summed E-state index contributed by atoms with van der Waals surface area (Å²) in [5.41, 5.74) is 6.79. The summed E-state index contributed by atoms with van der Waals surface area (Å²) in [4.78, 5) is 14.2. The number of ether oxygens (including phenoxy) is 2. The van der Waals surface area contributed by atoms with E-state index < -0.39 is 0 Å². The number of hydrogen-bond acceptors (Lipinski definition) is 4. The first-order chi connectivity index (χ1) is 10.7. The lowest BCUT2D eigenvalue weighted by molar-refractivity contribution is -0.139. The Bertz CT molecular complexity index is 465. The summed E-state index contributed by atoms with van der Waals surface area (Å²) in [5, 5.41) is 0. The molecule has 1 aromatic carbocycles. The third kappa shape index (κ3) is 6.37. The molecule has 0 radical (unpaired) electrons. The summed E-state index contributed by atoms with van der Waals surface area (Å²) >= 11 is 0. The zero-order valence-corrected chi connectivity index (χ0v) is 14.5. The molecule has 2 rings (SSSR count). The maximum Gasteiger partial charge on any atom is 0.222 e. The molecule has 1 saturated heterocycles. The third-order valence-corrected chi connectivity index (χ3v) is 4.00. The van der Waals surface area contributed by atoms with E-state index in [1.54, 1.807) is 7.11 Å². The van der Waals surface area contributed by atoms with Crippen LogP contribution in [0.2, 0.25) is 0 Å². The quantitative estimate of drug-likeness (QED) is 0.823. The molecule has 2 N–H and O–H groups in total. The van der Waals surface area contributed by atoms with Crippen LogP contribution in [0, 0.1) is 0 Å². The number of methoxy groups -OCH3 is 1. The van der Waals surface area contributed by atoms with Crippen molar-refractivity contribution >= 4 is 18.3 Å². The van der Waals surface area contributed by atoms with E-state index in [0.29, 0.717) is 32.7 Å². The van der Waals surface area contributed by atoms with Gasteiger partial charge in [0.25, 0.3) is 0 Å². The fourth-order valence-electron chi connectivity index (χ4n) is 2.70. The van der Waals surface area contributed by atoms with Gasteiger partial charge in [-0.05, 0) is 43.5 Å². The molecule has 0 aromatic heterocycles. The predicted molar refractivity (Wildman–Crippen MR) is 93.2 cm³/mol. The van der Waals surface area contributed by atoms with Gasteiger partial charge in [0.15, 0.2) is 0 Å². The molecular formula is C17H27ClN2O3. The molecular weight excluding hydrogens is 316 g/mol. The monoisotopic (exact) mass is 342 g/mol. The number of nitrogens with zero attached hydrogens (tertiary/aromatic N) is 1. The van der Waals surface area contributed by atoms with Gasteiger partial charge in [0.1, 0.15) is 5.75 Å². The van der Waals surface area contributed by atoms with Crippen molar-refractivity contribution in [2.45, 2.75) is 31.8 Å². The number of carbonyl (C=O) groups is 1. The Morgan fingerprint density at radius 3 is 2.78 bits per heavy atom. The lowest BCUT2D eigenvalue weighted by atomic mass is 10.1. The molecule has 130 valence electrons. The Hall–Kier alpha value is -1.30. The second-order valence-electron chi connectivity index (χ2n) is 5.61. The number of rotatable bonds is 7. The van der Waals surface area contributed by atoms with E-state index in [2.05, 4.69) is 12.1 Å². The van der Waals surface area contributed by atoms with Gasteiger partial charge in [-0.2, -0.15) is 0 Å². The van der Waals surface area contributed by atoms with Crippen LogP contribution in [-0.2, 0) is 16.0 Å². The third-order valence-electron chi connectivity index (χ3n) is 4.00. The summed E-state index contributed by atoms with van der Waals surface area (Å²) in [5.74, 6) is 1.08. The average Bonchev–Trinajstić information content (AvgIpc) is 2.56. The first-order valence-electron chi connectivity index (χ1n) is 7.95. The molecule has 6 heteroatoms. The van der Waals surface area contributed by atoms with Gasteiger partial charge in [0.05, 0.1) is 19.8 Å². The highest BCUT2D eigenvalue weighted by Crippen LogP contribution is 2.14.